The van der Waals surface area contributed by atoms with E-state index in [1.54, 1.807) is 6.20 Å². The normalized spacial score (nSPS) is 11.6. The van der Waals surface area contributed by atoms with Gasteiger partial charge in [0.2, 0.25) is 0 Å². The van der Waals surface area contributed by atoms with Crippen LogP contribution in [0, 0.1) is 0 Å². The number of hydrogen-bond acceptors (Lipinski definition) is 3. The van der Waals surface area contributed by atoms with Crippen LogP contribution in [0.15, 0.2) is 18.3 Å². The molecule has 1 aromatic heterocycles. The van der Waals surface area contributed by atoms with Gasteiger partial charge in [-0.1, -0.05) is 20.8 Å². The third-order valence-electron chi connectivity index (χ3n) is 1.52. The van der Waals surface area contributed by atoms with Crippen LogP contribution in [0.1, 0.15) is 26.3 Å². The van der Waals surface area contributed by atoms with Crippen molar-refractivity contribution >= 4 is 17.6 Å². The number of nitrogens with two attached hydrogens (primary N) is 1. The van der Waals surface area contributed by atoms with Crippen molar-refractivity contribution in [2.45, 2.75) is 31.3 Å². The van der Waals surface area contributed by atoms with Crippen molar-refractivity contribution in [1.29, 1.82) is 0 Å². The Hall–Kier alpha value is -0.700. The molecule has 0 fully saturated rings. The number of hydrogen-bond donors (Lipinski definition) is 1. The molecule has 0 spiro atoms. The van der Waals surface area contributed by atoms with Gasteiger partial charge >= 0.3 is 0 Å². The highest BCUT2D eigenvalue weighted by molar-refractivity contribution is 7.99. The van der Waals surface area contributed by atoms with Gasteiger partial charge in [-0.05, 0) is 17.7 Å². The molecule has 0 amide bonds. The molecule has 0 saturated heterocycles. The van der Waals surface area contributed by atoms with Crippen LogP contribution < -0.4 is 5.73 Å². The highest BCUT2D eigenvalue weighted by atomic mass is 32.2. The number of thioether (sulfide) groups is 1. The molecule has 13 heavy (non-hydrogen) atoms. The van der Waals surface area contributed by atoms with E-state index >= 15 is 0 Å². The largest absolute Gasteiger partial charge is 0.384 e. The lowest BCUT2D eigenvalue weighted by atomic mass is 10.3. The molecule has 0 unspecified atom stereocenters. The minimum atomic E-state index is 0.304. The van der Waals surface area contributed by atoms with Gasteiger partial charge in [-0.2, -0.15) is 11.8 Å². The van der Waals surface area contributed by atoms with Crippen molar-refractivity contribution in [3.8, 4) is 0 Å². The zero-order valence-corrected chi connectivity index (χ0v) is 9.19. The zero-order valence-electron chi connectivity index (χ0n) is 8.37. The number of pyridine rings is 1. The van der Waals surface area contributed by atoms with Gasteiger partial charge in [0.05, 0.1) is 0 Å². The fourth-order valence-corrected chi connectivity index (χ4v) is 1.66. The van der Waals surface area contributed by atoms with E-state index in [1.165, 1.54) is 5.56 Å². The Kier molecular flexibility index (Phi) is 3.20. The van der Waals surface area contributed by atoms with Gasteiger partial charge < -0.3 is 5.73 Å². The monoisotopic (exact) mass is 196 g/mol. The van der Waals surface area contributed by atoms with E-state index in [4.69, 9.17) is 5.73 Å². The molecule has 72 valence electrons. The molecule has 2 N–H and O–H groups in total. The van der Waals surface area contributed by atoms with E-state index in [0.29, 0.717) is 10.6 Å². The Morgan fingerprint density at radius 3 is 2.69 bits per heavy atom. The third-order valence-corrected chi connectivity index (χ3v) is 2.86. The fraction of sp³-hybridized carbons (Fsp3) is 0.500. The van der Waals surface area contributed by atoms with Crippen molar-refractivity contribution < 1.29 is 0 Å². The molecule has 1 heterocycles. The van der Waals surface area contributed by atoms with E-state index in [2.05, 4.69) is 25.8 Å². The van der Waals surface area contributed by atoms with E-state index in [-0.39, 0.29) is 0 Å². The zero-order chi connectivity index (χ0) is 9.90. The minimum absolute atomic E-state index is 0.304. The molecule has 1 aromatic rings. The molecule has 0 saturated carbocycles. The van der Waals surface area contributed by atoms with Crippen LogP contribution in [0.3, 0.4) is 0 Å². The molecule has 2 nitrogen and oxygen atoms in total. The molecule has 0 radical (unpaired) electrons. The van der Waals surface area contributed by atoms with Crippen molar-refractivity contribution in [3.05, 3.63) is 23.9 Å². The van der Waals surface area contributed by atoms with Gasteiger partial charge in [-0.25, -0.2) is 4.98 Å². The fourth-order valence-electron chi connectivity index (χ4n) is 0.884. The molecular weight excluding hydrogens is 180 g/mol. The summed E-state index contributed by atoms with van der Waals surface area (Å²) in [6.07, 6.45) is 1.76. The summed E-state index contributed by atoms with van der Waals surface area (Å²) in [5.41, 5.74) is 6.82. The Labute approximate surface area is 83.9 Å². The summed E-state index contributed by atoms with van der Waals surface area (Å²) in [6.45, 7) is 6.63. The highest BCUT2D eigenvalue weighted by Gasteiger charge is 2.10. The Morgan fingerprint density at radius 2 is 2.15 bits per heavy atom. The maximum absolute atomic E-state index is 5.58. The standard InChI is InChI=1S/C10H16N2S/c1-10(2,3)13-7-8-4-5-12-9(11)6-8/h4-6H,7H2,1-3H3,(H2,11,12). The quantitative estimate of drug-likeness (QED) is 0.790. The van der Waals surface area contributed by atoms with Gasteiger partial charge in [0.1, 0.15) is 5.82 Å². The molecule has 3 heteroatoms. The first-order chi connectivity index (χ1) is 5.97. The smallest absolute Gasteiger partial charge is 0.123 e. The molecule has 0 aliphatic rings. The van der Waals surface area contributed by atoms with Gasteiger partial charge in [0.15, 0.2) is 0 Å². The Morgan fingerprint density at radius 1 is 1.46 bits per heavy atom. The number of rotatable bonds is 2. The summed E-state index contributed by atoms with van der Waals surface area (Å²) < 4.78 is 0.304. The molecule has 1 rings (SSSR count). The summed E-state index contributed by atoms with van der Waals surface area (Å²) in [6, 6.07) is 3.94. The van der Waals surface area contributed by atoms with Crippen LogP contribution in [0.25, 0.3) is 0 Å². The van der Waals surface area contributed by atoms with E-state index in [0.717, 1.165) is 5.75 Å². The molecule has 0 aromatic carbocycles. The van der Waals surface area contributed by atoms with Crippen LogP contribution in [0.5, 0.6) is 0 Å². The minimum Gasteiger partial charge on any atom is -0.384 e. The van der Waals surface area contributed by atoms with Crippen LogP contribution in [0.2, 0.25) is 0 Å². The summed E-state index contributed by atoms with van der Waals surface area (Å²) in [4.78, 5) is 3.95. The summed E-state index contributed by atoms with van der Waals surface area (Å²) in [5, 5.41) is 0. The summed E-state index contributed by atoms with van der Waals surface area (Å²) >= 11 is 1.91. The van der Waals surface area contributed by atoms with Crippen LogP contribution in [-0.4, -0.2) is 9.73 Å². The third kappa shape index (κ3) is 4.18. The van der Waals surface area contributed by atoms with Crippen LogP contribution >= 0.6 is 11.8 Å². The Balaban J connectivity index is 2.55. The van der Waals surface area contributed by atoms with Gasteiger partial charge in [-0.15, -0.1) is 0 Å². The second kappa shape index (κ2) is 4.01. The van der Waals surface area contributed by atoms with E-state index in [9.17, 15) is 0 Å². The summed E-state index contributed by atoms with van der Waals surface area (Å²) in [5.74, 6) is 1.60. The number of nitrogens with zero attached hydrogens (tertiary/aromatic N) is 1. The SMILES string of the molecule is CC(C)(C)SCc1ccnc(N)c1. The van der Waals surface area contributed by atoms with E-state index < -0.39 is 0 Å². The predicted molar refractivity (Wildman–Crippen MR) is 59.7 cm³/mol. The average Bonchev–Trinajstić information content (AvgIpc) is 2.00. The topological polar surface area (TPSA) is 38.9 Å². The van der Waals surface area contributed by atoms with Gasteiger partial charge in [0.25, 0.3) is 0 Å². The maximum atomic E-state index is 5.58. The maximum Gasteiger partial charge on any atom is 0.123 e. The number of anilines is 1. The number of nitrogen functional groups attached to an aromatic ring is 1. The first-order valence-corrected chi connectivity index (χ1v) is 5.30. The second-order valence-corrected chi connectivity index (χ2v) is 5.79. The summed E-state index contributed by atoms with van der Waals surface area (Å²) in [7, 11) is 0. The molecule has 0 atom stereocenters. The molecule has 0 aliphatic carbocycles. The van der Waals surface area contributed by atoms with Crippen molar-refractivity contribution in [1.82, 2.24) is 4.98 Å². The lowest BCUT2D eigenvalue weighted by Crippen LogP contribution is -2.07. The first-order valence-electron chi connectivity index (χ1n) is 4.32. The predicted octanol–water partition coefficient (Wildman–Crippen LogP) is 2.70. The average molecular weight is 196 g/mol. The lowest BCUT2D eigenvalue weighted by Gasteiger charge is -2.17. The van der Waals surface area contributed by atoms with Crippen molar-refractivity contribution in [3.63, 3.8) is 0 Å². The molecule has 0 aliphatic heterocycles. The lowest BCUT2D eigenvalue weighted by molar-refractivity contribution is 0.802. The second-order valence-electron chi connectivity index (χ2n) is 3.99. The molecule has 0 bridgehead atoms. The first kappa shape index (κ1) is 10.4. The van der Waals surface area contributed by atoms with Gasteiger partial charge in [0, 0.05) is 16.7 Å². The van der Waals surface area contributed by atoms with Gasteiger partial charge in [-0.3, -0.25) is 0 Å². The van der Waals surface area contributed by atoms with Crippen LogP contribution in [0.4, 0.5) is 5.82 Å². The Bertz CT molecular complexity index is 278. The van der Waals surface area contributed by atoms with E-state index in [1.807, 2.05) is 23.9 Å². The highest BCUT2D eigenvalue weighted by Crippen LogP contribution is 2.27. The number of aromatic nitrogens is 1. The van der Waals surface area contributed by atoms with Crippen LogP contribution in [-0.2, 0) is 5.75 Å². The molecular formula is C10H16N2S. The van der Waals surface area contributed by atoms with Crippen molar-refractivity contribution in [2.24, 2.45) is 0 Å². The van der Waals surface area contributed by atoms with Crippen molar-refractivity contribution in [2.75, 3.05) is 5.73 Å².